The number of carbonyl (C=O) groups excluding carboxylic acids is 2. The molecule has 2 aromatic carbocycles. The van der Waals surface area contributed by atoms with E-state index in [2.05, 4.69) is 44.9 Å². The zero-order valence-electron chi connectivity index (χ0n) is 17.6. The highest BCUT2D eigenvalue weighted by Crippen LogP contribution is 2.43. The van der Waals surface area contributed by atoms with Crippen molar-refractivity contribution in [1.29, 1.82) is 0 Å². The third kappa shape index (κ3) is 3.76. The van der Waals surface area contributed by atoms with E-state index in [-0.39, 0.29) is 29.0 Å². The summed E-state index contributed by atoms with van der Waals surface area (Å²) in [7, 11) is 2.12. The van der Waals surface area contributed by atoms with Gasteiger partial charge in [-0.05, 0) is 85.0 Å². The van der Waals surface area contributed by atoms with Crippen LogP contribution in [0.3, 0.4) is 0 Å². The van der Waals surface area contributed by atoms with Crippen LogP contribution in [0.2, 0.25) is 0 Å². The zero-order chi connectivity index (χ0) is 21.6. The molecule has 2 aliphatic rings. The summed E-state index contributed by atoms with van der Waals surface area (Å²) in [6.45, 7) is 6.87. The first-order valence-corrected chi connectivity index (χ1v) is 10.8. The fraction of sp³-hybridized carbons (Fsp3) is 0.333. The third-order valence-electron chi connectivity index (χ3n) is 6.08. The summed E-state index contributed by atoms with van der Waals surface area (Å²) < 4.78 is 13.1. The first kappa shape index (κ1) is 20.7. The van der Waals surface area contributed by atoms with Gasteiger partial charge in [0.05, 0.1) is 11.4 Å². The van der Waals surface area contributed by atoms with Gasteiger partial charge in [0.15, 0.2) is 0 Å². The second kappa shape index (κ2) is 7.58. The van der Waals surface area contributed by atoms with Gasteiger partial charge in [0.1, 0.15) is 5.82 Å². The molecule has 1 saturated heterocycles. The highest BCUT2D eigenvalue weighted by atomic mass is 32.2. The highest BCUT2D eigenvalue weighted by Gasteiger charge is 2.36. The number of fused-ring (bicyclic) bond motifs is 1. The van der Waals surface area contributed by atoms with E-state index in [1.807, 2.05) is 6.07 Å². The highest BCUT2D eigenvalue weighted by molar-refractivity contribution is 8.18. The van der Waals surface area contributed by atoms with Crippen molar-refractivity contribution >= 4 is 34.7 Å². The van der Waals surface area contributed by atoms with E-state index < -0.39 is 0 Å². The SMILES string of the molecule is C[C@H]1CC(C)(C)N(C)c2ccc(/C=C3\SC(=O)N(Cc4ccc(F)cc4)C3=O)cc21. The van der Waals surface area contributed by atoms with E-state index in [4.69, 9.17) is 0 Å². The zero-order valence-corrected chi connectivity index (χ0v) is 18.4. The van der Waals surface area contributed by atoms with Crippen LogP contribution in [-0.2, 0) is 11.3 Å². The van der Waals surface area contributed by atoms with E-state index in [1.54, 1.807) is 18.2 Å². The molecule has 0 aromatic heterocycles. The van der Waals surface area contributed by atoms with Crippen LogP contribution < -0.4 is 4.90 Å². The molecular formula is C24H25FN2O2S. The minimum absolute atomic E-state index is 0.0942. The number of nitrogens with zero attached hydrogens (tertiary/aromatic N) is 2. The Morgan fingerprint density at radius 3 is 2.57 bits per heavy atom. The van der Waals surface area contributed by atoms with Crippen molar-refractivity contribution in [3.05, 3.63) is 69.9 Å². The fourth-order valence-corrected chi connectivity index (χ4v) is 5.08. The fourth-order valence-electron chi connectivity index (χ4n) is 4.25. The molecule has 2 heterocycles. The standard InChI is InChI=1S/C24H25FN2O2S/c1-15-13-24(2,3)26(4)20-10-7-17(11-19(15)20)12-21-22(28)27(23(29)30-21)14-16-5-8-18(25)9-6-16/h5-12,15H,13-14H2,1-4H3/b21-12-/t15-/m0/s1. The predicted octanol–water partition coefficient (Wildman–Crippen LogP) is 5.78. The van der Waals surface area contributed by atoms with Crippen molar-refractivity contribution < 1.29 is 14.0 Å². The van der Waals surface area contributed by atoms with E-state index in [0.29, 0.717) is 16.4 Å². The second-order valence-corrected chi connectivity index (χ2v) is 9.68. The Kier molecular flexibility index (Phi) is 5.22. The molecule has 2 aromatic rings. The van der Waals surface area contributed by atoms with Gasteiger partial charge in [0, 0.05) is 18.3 Å². The van der Waals surface area contributed by atoms with Crippen molar-refractivity contribution in [1.82, 2.24) is 4.90 Å². The molecule has 4 nitrogen and oxygen atoms in total. The summed E-state index contributed by atoms with van der Waals surface area (Å²) in [5, 5.41) is -0.302. The molecule has 0 bridgehead atoms. The lowest BCUT2D eigenvalue weighted by Crippen LogP contribution is -2.45. The lowest BCUT2D eigenvalue weighted by molar-refractivity contribution is -0.123. The summed E-state index contributed by atoms with van der Waals surface area (Å²) in [5.74, 6) is -0.241. The Balaban J connectivity index is 1.58. The smallest absolute Gasteiger partial charge is 0.293 e. The largest absolute Gasteiger partial charge is 0.369 e. The van der Waals surface area contributed by atoms with Crippen LogP contribution in [0.5, 0.6) is 0 Å². The number of benzene rings is 2. The molecule has 0 N–H and O–H groups in total. The van der Waals surface area contributed by atoms with Gasteiger partial charge in [-0.2, -0.15) is 0 Å². The van der Waals surface area contributed by atoms with Crippen molar-refractivity contribution in [2.24, 2.45) is 0 Å². The number of hydrogen-bond acceptors (Lipinski definition) is 4. The van der Waals surface area contributed by atoms with E-state index >= 15 is 0 Å². The number of rotatable bonds is 3. The van der Waals surface area contributed by atoms with Crippen LogP contribution in [0.4, 0.5) is 14.9 Å². The van der Waals surface area contributed by atoms with Crippen LogP contribution in [0, 0.1) is 5.82 Å². The van der Waals surface area contributed by atoms with E-state index in [9.17, 15) is 14.0 Å². The summed E-state index contributed by atoms with van der Waals surface area (Å²) in [6, 6.07) is 12.1. The molecule has 0 saturated carbocycles. The average molecular weight is 425 g/mol. The number of thioether (sulfide) groups is 1. The number of anilines is 1. The van der Waals surface area contributed by atoms with Crippen LogP contribution in [0.1, 0.15) is 49.8 Å². The Hall–Kier alpha value is -2.60. The van der Waals surface area contributed by atoms with Gasteiger partial charge in [0.2, 0.25) is 0 Å². The quantitative estimate of drug-likeness (QED) is 0.585. The summed E-state index contributed by atoms with van der Waals surface area (Å²) in [6.07, 6.45) is 2.84. The van der Waals surface area contributed by atoms with E-state index in [1.165, 1.54) is 28.3 Å². The maximum absolute atomic E-state index is 13.1. The summed E-state index contributed by atoms with van der Waals surface area (Å²) in [5.41, 5.74) is 4.20. The minimum Gasteiger partial charge on any atom is -0.369 e. The molecule has 2 amide bonds. The van der Waals surface area contributed by atoms with Gasteiger partial charge < -0.3 is 4.90 Å². The molecule has 1 atom stereocenters. The van der Waals surface area contributed by atoms with Gasteiger partial charge in [-0.3, -0.25) is 14.5 Å². The average Bonchev–Trinajstić information content (AvgIpc) is 2.95. The number of carbonyl (C=O) groups is 2. The van der Waals surface area contributed by atoms with Gasteiger partial charge >= 0.3 is 0 Å². The number of halogens is 1. The lowest BCUT2D eigenvalue weighted by Gasteiger charge is -2.45. The Labute approximate surface area is 180 Å². The third-order valence-corrected chi connectivity index (χ3v) is 6.99. The predicted molar refractivity (Wildman–Crippen MR) is 120 cm³/mol. The Bertz CT molecular complexity index is 1050. The first-order chi connectivity index (χ1) is 14.2. The van der Waals surface area contributed by atoms with Gasteiger partial charge in [-0.15, -0.1) is 0 Å². The Morgan fingerprint density at radius 1 is 1.17 bits per heavy atom. The maximum Gasteiger partial charge on any atom is 0.293 e. The minimum atomic E-state index is -0.344. The molecule has 0 aliphatic carbocycles. The van der Waals surface area contributed by atoms with E-state index in [0.717, 1.165) is 23.7 Å². The molecule has 30 heavy (non-hydrogen) atoms. The first-order valence-electron chi connectivity index (χ1n) is 10.0. The van der Waals surface area contributed by atoms with Crippen LogP contribution in [0.25, 0.3) is 6.08 Å². The van der Waals surface area contributed by atoms with Crippen molar-refractivity contribution in [2.45, 2.75) is 45.2 Å². The second-order valence-electron chi connectivity index (χ2n) is 8.69. The van der Waals surface area contributed by atoms with Crippen LogP contribution in [0.15, 0.2) is 47.4 Å². The summed E-state index contributed by atoms with van der Waals surface area (Å²) in [4.78, 5) is 29.2. The van der Waals surface area contributed by atoms with Gasteiger partial charge in [0.25, 0.3) is 11.1 Å². The van der Waals surface area contributed by atoms with Crippen molar-refractivity contribution in [2.75, 3.05) is 11.9 Å². The van der Waals surface area contributed by atoms with Crippen molar-refractivity contribution in [3.63, 3.8) is 0 Å². The molecule has 6 heteroatoms. The number of amides is 2. The summed E-state index contributed by atoms with van der Waals surface area (Å²) >= 11 is 0.952. The topological polar surface area (TPSA) is 40.6 Å². The lowest BCUT2D eigenvalue weighted by atomic mass is 9.80. The van der Waals surface area contributed by atoms with Crippen LogP contribution in [-0.4, -0.2) is 28.6 Å². The van der Waals surface area contributed by atoms with Gasteiger partial charge in [-0.25, -0.2) is 4.39 Å². The molecule has 0 unspecified atom stereocenters. The molecular weight excluding hydrogens is 399 g/mol. The molecule has 0 radical (unpaired) electrons. The number of hydrogen-bond donors (Lipinski definition) is 0. The molecule has 4 rings (SSSR count). The molecule has 0 spiro atoms. The van der Waals surface area contributed by atoms with Crippen LogP contribution >= 0.6 is 11.8 Å². The maximum atomic E-state index is 13.1. The molecule has 1 fully saturated rings. The van der Waals surface area contributed by atoms with Gasteiger partial charge in [-0.1, -0.05) is 25.1 Å². The van der Waals surface area contributed by atoms with Crippen molar-refractivity contribution in [3.8, 4) is 0 Å². The monoisotopic (exact) mass is 424 g/mol. The molecule has 156 valence electrons. The number of imide groups is 1. The Morgan fingerprint density at radius 2 is 1.87 bits per heavy atom. The normalized spacial score (nSPS) is 22.0. The molecule has 2 aliphatic heterocycles.